The van der Waals surface area contributed by atoms with Crippen LogP contribution < -0.4 is 0 Å². The minimum absolute atomic E-state index is 0.229. The van der Waals surface area contributed by atoms with Crippen molar-refractivity contribution < 1.29 is 19.1 Å². The highest BCUT2D eigenvalue weighted by Gasteiger charge is 2.49. The summed E-state index contributed by atoms with van der Waals surface area (Å²) in [7, 11) is 0. The summed E-state index contributed by atoms with van der Waals surface area (Å²) in [5, 5.41) is 9.49. The van der Waals surface area contributed by atoms with Crippen molar-refractivity contribution in [2.24, 2.45) is 0 Å². The Labute approximate surface area is 112 Å². The summed E-state index contributed by atoms with van der Waals surface area (Å²) < 4.78 is 5.26. The molecule has 1 unspecified atom stereocenters. The van der Waals surface area contributed by atoms with Gasteiger partial charge in [-0.2, -0.15) is 0 Å². The lowest BCUT2D eigenvalue weighted by Gasteiger charge is -2.33. The van der Waals surface area contributed by atoms with E-state index in [0.29, 0.717) is 37.1 Å². The molecule has 1 aliphatic heterocycles. The molecule has 5 nitrogen and oxygen atoms in total. The number of rotatable bonds is 4. The Morgan fingerprint density at radius 1 is 1.47 bits per heavy atom. The normalized spacial score (nSPS) is 22.7. The number of nitrogens with zero attached hydrogens (tertiary/aromatic N) is 1. The van der Waals surface area contributed by atoms with Gasteiger partial charge in [0.25, 0.3) is 5.91 Å². The fourth-order valence-corrected chi connectivity index (χ4v) is 2.87. The van der Waals surface area contributed by atoms with Crippen LogP contribution in [0.25, 0.3) is 0 Å². The molecule has 1 fully saturated rings. The number of hydrogen-bond donors (Lipinski definition) is 1. The monoisotopic (exact) mass is 265 g/mol. The molecular weight excluding hydrogens is 246 g/mol. The molecule has 0 bridgehead atoms. The molecule has 2 rings (SSSR count). The van der Waals surface area contributed by atoms with Gasteiger partial charge in [0, 0.05) is 13.0 Å². The fraction of sp³-hybridized carbons (Fsp3) is 0.571. The molecule has 1 N–H and O–H groups in total. The number of hydrogen-bond acceptors (Lipinski definition) is 3. The number of carbonyl (C=O) groups excluding carboxylic acids is 1. The Morgan fingerprint density at radius 3 is 2.79 bits per heavy atom. The maximum absolute atomic E-state index is 12.6. The molecule has 2 heterocycles. The van der Waals surface area contributed by atoms with E-state index in [1.54, 1.807) is 6.07 Å². The second-order valence-corrected chi connectivity index (χ2v) is 4.86. The number of aryl methyl sites for hydroxylation is 1. The molecular formula is C14H19NO4. The molecule has 1 saturated heterocycles. The Kier molecular flexibility index (Phi) is 3.64. The topological polar surface area (TPSA) is 70.8 Å². The van der Waals surface area contributed by atoms with Crippen LogP contribution in [0.4, 0.5) is 0 Å². The molecule has 1 atom stereocenters. The van der Waals surface area contributed by atoms with Crippen LogP contribution in [0.3, 0.4) is 0 Å². The van der Waals surface area contributed by atoms with Gasteiger partial charge in [-0.05, 0) is 25.3 Å². The third kappa shape index (κ3) is 2.03. The lowest BCUT2D eigenvalue weighted by molar-refractivity contribution is -0.148. The molecule has 0 saturated carbocycles. The smallest absolute Gasteiger partial charge is 0.329 e. The molecule has 0 radical (unpaired) electrons. The molecule has 5 heteroatoms. The van der Waals surface area contributed by atoms with E-state index in [1.807, 2.05) is 13.8 Å². The van der Waals surface area contributed by atoms with Gasteiger partial charge < -0.3 is 14.4 Å². The van der Waals surface area contributed by atoms with Gasteiger partial charge in [0.1, 0.15) is 11.3 Å². The third-order valence-corrected chi connectivity index (χ3v) is 4.01. The van der Waals surface area contributed by atoms with Crippen LogP contribution in [0.1, 0.15) is 49.2 Å². The van der Waals surface area contributed by atoms with Crippen molar-refractivity contribution in [3.8, 4) is 0 Å². The third-order valence-electron chi connectivity index (χ3n) is 4.01. The maximum Gasteiger partial charge on any atom is 0.329 e. The van der Waals surface area contributed by atoms with Crippen LogP contribution in [0.2, 0.25) is 0 Å². The van der Waals surface area contributed by atoms with E-state index >= 15 is 0 Å². The fourth-order valence-electron chi connectivity index (χ4n) is 2.87. The van der Waals surface area contributed by atoms with E-state index < -0.39 is 11.5 Å². The van der Waals surface area contributed by atoms with Gasteiger partial charge in [-0.3, -0.25) is 4.79 Å². The zero-order chi connectivity index (χ0) is 14.0. The summed E-state index contributed by atoms with van der Waals surface area (Å²) in [4.78, 5) is 25.6. The van der Waals surface area contributed by atoms with Crippen molar-refractivity contribution >= 4 is 11.9 Å². The van der Waals surface area contributed by atoms with Crippen LogP contribution in [-0.4, -0.2) is 34.0 Å². The summed E-state index contributed by atoms with van der Waals surface area (Å²) in [5.74, 6) is -0.526. The van der Waals surface area contributed by atoms with E-state index in [9.17, 15) is 14.7 Å². The summed E-state index contributed by atoms with van der Waals surface area (Å²) in [6.45, 7) is 4.22. The maximum atomic E-state index is 12.6. The minimum Gasteiger partial charge on any atom is -0.479 e. The van der Waals surface area contributed by atoms with Crippen molar-refractivity contribution in [1.82, 2.24) is 4.90 Å². The first kappa shape index (κ1) is 13.6. The highest BCUT2D eigenvalue weighted by Crippen LogP contribution is 2.34. The first-order chi connectivity index (χ1) is 9.06. The summed E-state index contributed by atoms with van der Waals surface area (Å²) in [6.07, 6.45) is 3.77. The van der Waals surface area contributed by atoms with E-state index in [0.717, 1.165) is 6.42 Å². The first-order valence-electron chi connectivity index (χ1n) is 6.68. The number of carboxylic acids is 1. The van der Waals surface area contributed by atoms with Gasteiger partial charge in [-0.15, -0.1) is 0 Å². The number of carbonyl (C=O) groups is 2. The van der Waals surface area contributed by atoms with Gasteiger partial charge in [-0.1, -0.05) is 13.8 Å². The van der Waals surface area contributed by atoms with Crippen LogP contribution in [0.5, 0.6) is 0 Å². The van der Waals surface area contributed by atoms with Crippen LogP contribution in [0, 0.1) is 0 Å². The van der Waals surface area contributed by atoms with Crippen molar-refractivity contribution in [2.75, 3.05) is 6.54 Å². The molecule has 1 aromatic rings. The highest BCUT2D eigenvalue weighted by atomic mass is 16.4. The molecule has 19 heavy (non-hydrogen) atoms. The van der Waals surface area contributed by atoms with E-state index in [1.165, 1.54) is 11.2 Å². The molecule has 0 spiro atoms. The van der Waals surface area contributed by atoms with Gasteiger partial charge in [-0.25, -0.2) is 4.79 Å². The highest BCUT2D eigenvalue weighted by molar-refractivity contribution is 5.99. The lowest BCUT2D eigenvalue weighted by atomic mass is 9.92. The average molecular weight is 265 g/mol. The second-order valence-electron chi connectivity index (χ2n) is 4.86. The lowest BCUT2D eigenvalue weighted by Crippen LogP contribution is -2.52. The van der Waals surface area contributed by atoms with Gasteiger partial charge in [0.05, 0.1) is 11.8 Å². The van der Waals surface area contributed by atoms with Crippen LogP contribution in [0.15, 0.2) is 16.7 Å². The molecule has 1 amide bonds. The van der Waals surface area contributed by atoms with Crippen molar-refractivity contribution in [3.05, 3.63) is 23.7 Å². The van der Waals surface area contributed by atoms with Crippen LogP contribution in [-0.2, 0) is 11.2 Å². The SMILES string of the molecule is CCc1occc1C(=O)N1CCCC1(CC)C(=O)O. The molecule has 0 aliphatic carbocycles. The van der Waals surface area contributed by atoms with Crippen molar-refractivity contribution in [1.29, 1.82) is 0 Å². The standard InChI is InChI=1S/C14H19NO4/c1-3-11-10(6-9-19-11)12(16)15-8-5-7-14(15,4-2)13(17)18/h6,9H,3-5,7-8H2,1-2H3,(H,17,18). The Hall–Kier alpha value is -1.78. The first-order valence-corrected chi connectivity index (χ1v) is 6.68. The van der Waals surface area contributed by atoms with Crippen molar-refractivity contribution in [3.63, 3.8) is 0 Å². The summed E-state index contributed by atoms with van der Waals surface area (Å²) >= 11 is 0. The molecule has 1 aliphatic rings. The predicted octanol–water partition coefficient (Wildman–Crippen LogP) is 2.31. The van der Waals surface area contributed by atoms with Gasteiger partial charge >= 0.3 is 5.97 Å². The number of furan rings is 1. The molecule has 0 aromatic carbocycles. The van der Waals surface area contributed by atoms with E-state index in [-0.39, 0.29) is 5.91 Å². The Balaban J connectivity index is 2.35. The Bertz CT molecular complexity index is 493. The number of likely N-dealkylation sites (tertiary alicyclic amines) is 1. The summed E-state index contributed by atoms with van der Waals surface area (Å²) in [5.41, 5.74) is -0.567. The number of carboxylic acid groups (broad SMARTS) is 1. The minimum atomic E-state index is -1.06. The van der Waals surface area contributed by atoms with Crippen molar-refractivity contribution in [2.45, 2.75) is 45.1 Å². The zero-order valence-electron chi connectivity index (χ0n) is 11.3. The van der Waals surface area contributed by atoms with Crippen LogP contribution >= 0.6 is 0 Å². The van der Waals surface area contributed by atoms with Gasteiger partial charge in [0.15, 0.2) is 0 Å². The second kappa shape index (κ2) is 5.07. The zero-order valence-corrected chi connectivity index (χ0v) is 11.3. The number of aliphatic carboxylic acids is 1. The average Bonchev–Trinajstić information content (AvgIpc) is 3.04. The quantitative estimate of drug-likeness (QED) is 0.906. The molecule has 1 aromatic heterocycles. The van der Waals surface area contributed by atoms with Gasteiger partial charge in [0.2, 0.25) is 0 Å². The van der Waals surface area contributed by atoms with E-state index in [4.69, 9.17) is 4.42 Å². The Morgan fingerprint density at radius 2 is 2.21 bits per heavy atom. The number of amides is 1. The molecule has 104 valence electrons. The predicted molar refractivity (Wildman–Crippen MR) is 69.0 cm³/mol. The van der Waals surface area contributed by atoms with E-state index in [2.05, 4.69) is 0 Å². The largest absolute Gasteiger partial charge is 0.479 e. The summed E-state index contributed by atoms with van der Waals surface area (Å²) in [6, 6.07) is 1.63.